The van der Waals surface area contributed by atoms with E-state index < -0.39 is 0 Å². The molecule has 170 valence electrons. The summed E-state index contributed by atoms with van der Waals surface area (Å²) in [7, 11) is 0. The van der Waals surface area contributed by atoms with Crippen molar-refractivity contribution in [2.75, 3.05) is 45.9 Å². The fourth-order valence-electron chi connectivity index (χ4n) is 4.80. The van der Waals surface area contributed by atoms with Crippen LogP contribution in [0.25, 0.3) is 11.0 Å². The summed E-state index contributed by atoms with van der Waals surface area (Å²) in [4.78, 5) is 23.9. The number of piperidine rings is 1. The molecule has 1 amide bonds. The average molecular weight is 454 g/mol. The molecule has 2 fully saturated rings. The molecule has 0 unspecified atom stereocenters. The minimum absolute atomic E-state index is 0.114. The zero-order valence-corrected chi connectivity index (χ0v) is 19.5. The van der Waals surface area contributed by atoms with Gasteiger partial charge in [0.25, 0.3) is 5.91 Å². The highest BCUT2D eigenvalue weighted by Crippen LogP contribution is 2.26. The molecule has 3 aromatic heterocycles. The second-order valence-corrected chi connectivity index (χ2v) is 9.94. The van der Waals surface area contributed by atoms with E-state index >= 15 is 0 Å². The molecular weight excluding hydrogens is 422 g/mol. The van der Waals surface area contributed by atoms with Gasteiger partial charge in [0.05, 0.1) is 36.9 Å². The summed E-state index contributed by atoms with van der Waals surface area (Å²) in [5, 5.41) is 7.48. The number of aryl methyl sites for hydroxylation is 1. The molecular formula is C24H31N5O2S. The minimum atomic E-state index is 0.114. The molecule has 5 heterocycles. The summed E-state index contributed by atoms with van der Waals surface area (Å²) >= 11 is 1.71. The summed E-state index contributed by atoms with van der Waals surface area (Å²) < 4.78 is 7.35. The number of morpholine rings is 1. The van der Waals surface area contributed by atoms with Crippen LogP contribution >= 0.6 is 11.3 Å². The van der Waals surface area contributed by atoms with Crippen LogP contribution in [0.4, 0.5) is 0 Å². The Morgan fingerprint density at radius 3 is 2.78 bits per heavy atom. The van der Waals surface area contributed by atoms with Crippen molar-refractivity contribution in [3.05, 3.63) is 45.9 Å². The van der Waals surface area contributed by atoms with Gasteiger partial charge < -0.3 is 9.64 Å². The van der Waals surface area contributed by atoms with Crippen LogP contribution in [0.2, 0.25) is 0 Å². The molecule has 2 aliphatic rings. The van der Waals surface area contributed by atoms with E-state index in [1.54, 1.807) is 17.5 Å². The molecule has 0 N–H and O–H groups in total. The quantitative estimate of drug-likeness (QED) is 0.572. The molecule has 2 aliphatic heterocycles. The Hall–Kier alpha value is -2.29. The molecule has 3 aromatic rings. The number of likely N-dealkylation sites (tertiary alicyclic amines) is 1. The lowest BCUT2D eigenvalue weighted by Gasteiger charge is -2.34. The molecule has 2 saturated heterocycles. The number of rotatable bonds is 6. The van der Waals surface area contributed by atoms with Crippen LogP contribution in [0.15, 0.2) is 29.8 Å². The zero-order chi connectivity index (χ0) is 21.9. The van der Waals surface area contributed by atoms with E-state index in [9.17, 15) is 4.79 Å². The Balaban J connectivity index is 1.24. The van der Waals surface area contributed by atoms with E-state index in [1.807, 2.05) is 28.6 Å². The number of ether oxygens (including phenoxy) is 1. The molecule has 0 spiro atoms. The summed E-state index contributed by atoms with van der Waals surface area (Å²) in [6.45, 7) is 9.26. The lowest BCUT2D eigenvalue weighted by Crippen LogP contribution is -2.41. The van der Waals surface area contributed by atoms with E-state index in [-0.39, 0.29) is 5.91 Å². The molecule has 0 saturated carbocycles. The van der Waals surface area contributed by atoms with Crippen molar-refractivity contribution >= 4 is 28.3 Å². The van der Waals surface area contributed by atoms with Gasteiger partial charge in [-0.2, -0.15) is 5.10 Å². The minimum Gasteiger partial charge on any atom is -0.379 e. The molecule has 0 aliphatic carbocycles. The first-order valence-electron chi connectivity index (χ1n) is 11.6. The number of hydrogen-bond donors (Lipinski definition) is 0. The number of carbonyl (C=O) groups excluding carboxylic acids is 1. The molecule has 32 heavy (non-hydrogen) atoms. The van der Waals surface area contributed by atoms with Crippen molar-refractivity contribution in [2.45, 2.75) is 32.7 Å². The van der Waals surface area contributed by atoms with Crippen molar-refractivity contribution in [3.63, 3.8) is 0 Å². The van der Waals surface area contributed by atoms with Crippen LogP contribution in [-0.4, -0.2) is 76.4 Å². The standard InChI is InChI=1S/C24H31N5O2S/c1-18-15-21(22-16-25-29(23(22)26-18)17-20-3-2-14-32-20)24(30)28-8-5-19(6-9-28)4-7-27-10-12-31-13-11-27/h2-3,14-16,19H,4-13,17H2,1H3. The van der Waals surface area contributed by atoms with Crippen LogP contribution in [0, 0.1) is 12.8 Å². The maximum Gasteiger partial charge on any atom is 0.254 e. The Kier molecular flexibility index (Phi) is 6.52. The zero-order valence-electron chi connectivity index (χ0n) is 18.7. The van der Waals surface area contributed by atoms with Gasteiger partial charge >= 0.3 is 0 Å². The second kappa shape index (κ2) is 9.68. The summed E-state index contributed by atoms with van der Waals surface area (Å²) in [5.41, 5.74) is 2.38. The van der Waals surface area contributed by atoms with Crippen LogP contribution < -0.4 is 0 Å². The highest BCUT2D eigenvalue weighted by atomic mass is 32.1. The molecule has 5 rings (SSSR count). The number of nitrogens with zero attached hydrogens (tertiary/aromatic N) is 5. The fraction of sp³-hybridized carbons (Fsp3) is 0.542. The van der Waals surface area contributed by atoms with Gasteiger partial charge in [-0.3, -0.25) is 9.69 Å². The summed E-state index contributed by atoms with van der Waals surface area (Å²) in [6.07, 6.45) is 5.19. The molecule has 0 radical (unpaired) electrons. The third-order valence-corrected chi connectivity index (χ3v) is 7.57. The molecule has 0 atom stereocenters. The first-order chi connectivity index (χ1) is 15.7. The summed E-state index contributed by atoms with van der Waals surface area (Å²) in [6, 6.07) is 6.07. The maximum atomic E-state index is 13.4. The predicted octanol–water partition coefficient (Wildman–Crippen LogP) is 3.42. The largest absolute Gasteiger partial charge is 0.379 e. The van der Waals surface area contributed by atoms with E-state index in [4.69, 9.17) is 9.72 Å². The molecule has 0 bridgehead atoms. The van der Waals surface area contributed by atoms with E-state index in [0.717, 1.165) is 81.1 Å². The van der Waals surface area contributed by atoms with Gasteiger partial charge in [0.1, 0.15) is 0 Å². The number of fused-ring (bicyclic) bond motifs is 1. The fourth-order valence-corrected chi connectivity index (χ4v) is 5.49. The number of amides is 1. The van der Waals surface area contributed by atoms with E-state index in [0.29, 0.717) is 12.5 Å². The summed E-state index contributed by atoms with van der Waals surface area (Å²) in [5.74, 6) is 0.817. The van der Waals surface area contributed by atoms with E-state index in [2.05, 4.69) is 21.4 Å². The van der Waals surface area contributed by atoms with Crippen molar-refractivity contribution in [2.24, 2.45) is 5.92 Å². The van der Waals surface area contributed by atoms with Crippen molar-refractivity contribution in [1.82, 2.24) is 24.6 Å². The van der Waals surface area contributed by atoms with Gasteiger partial charge in [0, 0.05) is 36.8 Å². The number of thiophene rings is 1. The van der Waals surface area contributed by atoms with Crippen molar-refractivity contribution < 1.29 is 9.53 Å². The third-order valence-electron chi connectivity index (χ3n) is 6.71. The van der Waals surface area contributed by atoms with Gasteiger partial charge in [-0.15, -0.1) is 11.3 Å². The van der Waals surface area contributed by atoms with Gasteiger partial charge in [0.2, 0.25) is 0 Å². The Bertz CT molecular complexity index is 1050. The van der Waals surface area contributed by atoms with Crippen LogP contribution in [0.3, 0.4) is 0 Å². The third kappa shape index (κ3) is 4.72. The van der Waals surface area contributed by atoms with Gasteiger partial charge in [0.15, 0.2) is 5.65 Å². The lowest BCUT2D eigenvalue weighted by molar-refractivity contribution is 0.0332. The predicted molar refractivity (Wildman–Crippen MR) is 126 cm³/mol. The van der Waals surface area contributed by atoms with Crippen LogP contribution in [-0.2, 0) is 11.3 Å². The number of pyridine rings is 1. The number of aromatic nitrogens is 3. The first kappa shape index (κ1) is 21.6. The van der Waals surface area contributed by atoms with Gasteiger partial charge in [-0.1, -0.05) is 6.07 Å². The van der Waals surface area contributed by atoms with E-state index in [1.165, 1.54) is 11.3 Å². The Labute approximate surface area is 193 Å². The Morgan fingerprint density at radius 2 is 2.03 bits per heavy atom. The van der Waals surface area contributed by atoms with Crippen LogP contribution in [0.5, 0.6) is 0 Å². The normalized spacial score (nSPS) is 18.5. The van der Waals surface area contributed by atoms with Gasteiger partial charge in [-0.05, 0) is 56.2 Å². The highest BCUT2D eigenvalue weighted by Gasteiger charge is 2.26. The topological polar surface area (TPSA) is 63.5 Å². The highest BCUT2D eigenvalue weighted by molar-refractivity contribution is 7.09. The molecule has 0 aromatic carbocycles. The van der Waals surface area contributed by atoms with Gasteiger partial charge in [-0.25, -0.2) is 9.67 Å². The smallest absolute Gasteiger partial charge is 0.254 e. The Morgan fingerprint density at radius 1 is 1.22 bits per heavy atom. The monoisotopic (exact) mass is 453 g/mol. The maximum absolute atomic E-state index is 13.4. The number of carbonyl (C=O) groups is 1. The molecule has 8 heteroatoms. The first-order valence-corrected chi connectivity index (χ1v) is 12.5. The lowest BCUT2D eigenvalue weighted by atomic mass is 9.92. The SMILES string of the molecule is Cc1cc(C(=O)N2CCC(CCN3CCOCC3)CC2)c2cnn(Cc3cccs3)c2n1. The van der Waals surface area contributed by atoms with Crippen LogP contribution in [0.1, 0.15) is 40.2 Å². The number of hydrogen-bond acceptors (Lipinski definition) is 6. The second-order valence-electron chi connectivity index (χ2n) is 8.91. The van der Waals surface area contributed by atoms with Crippen molar-refractivity contribution in [3.8, 4) is 0 Å². The molecule has 7 nitrogen and oxygen atoms in total. The van der Waals surface area contributed by atoms with Crippen molar-refractivity contribution in [1.29, 1.82) is 0 Å². The average Bonchev–Trinajstić information content (AvgIpc) is 3.48.